The molecule has 1 heterocycles. The Balaban J connectivity index is 2.05. The number of ether oxygens (including phenoxy) is 2. The molecular weight excluding hydrogens is 386 g/mol. The summed E-state index contributed by atoms with van der Waals surface area (Å²) in [5.41, 5.74) is 3.85. The van der Waals surface area contributed by atoms with Crippen LogP contribution in [0.1, 0.15) is 44.2 Å². The first-order valence-corrected chi connectivity index (χ1v) is 12.9. The van der Waals surface area contributed by atoms with E-state index in [4.69, 9.17) is 13.9 Å². The number of hydrogen-bond acceptors (Lipinski definition) is 5. The molecule has 1 aliphatic heterocycles. The molecule has 0 bridgehead atoms. The summed E-state index contributed by atoms with van der Waals surface area (Å²) in [6.07, 6.45) is -0.191. The molecule has 0 spiro atoms. The average molecular weight is 418 g/mol. The van der Waals surface area contributed by atoms with E-state index in [1.807, 2.05) is 24.3 Å². The van der Waals surface area contributed by atoms with Gasteiger partial charge in [0.1, 0.15) is 6.61 Å². The number of hydrogen-bond donors (Lipinski definition) is 0. The van der Waals surface area contributed by atoms with Crippen molar-refractivity contribution in [2.75, 3.05) is 26.9 Å². The summed E-state index contributed by atoms with van der Waals surface area (Å²) in [7, 11) is -0.614. The van der Waals surface area contributed by atoms with Crippen LogP contribution in [0.15, 0.2) is 30.0 Å². The van der Waals surface area contributed by atoms with Crippen LogP contribution in [0.3, 0.4) is 0 Å². The van der Waals surface area contributed by atoms with E-state index in [0.29, 0.717) is 19.8 Å². The Morgan fingerprint density at radius 2 is 1.97 bits per heavy atom. The summed E-state index contributed by atoms with van der Waals surface area (Å²) < 4.78 is 16.7. The van der Waals surface area contributed by atoms with E-state index in [-0.39, 0.29) is 29.4 Å². The highest BCUT2D eigenvalue weighted by Gasteiger charge is 2.42. The van der Waals surface area contributed by atoms with Crippen molar-refractivity contribution in [3.63, 3.8) is 0 Å². The van der Waals surface area contributed by atoms with E-state index in [2.05, 4.69) is 33.9 Å². The Hall–Kier alpha value is -2.12. The van der Waals surface area contributed by atoms with Crippen LogP contribution in [0, 0.1) is 0 Å². The lowest BCUT2D eigenvalue weighted by Gasteiger charge is -2.36. The fraction of sp³-hybridized carbons (Fsp3) is 0.545. The van der Waals surface area contributed by atoms with Gasteiger partial charge in [-0.1, -0.05) is 45.0 Å². The molecule has 158 valence electrons. The number of carbonyl (C=O) groups is 2. The zero-order valence-electron chi connectivity index (χ0n) is 18.2. The second kappa shape index (κ2) is 7.95. The number of cyclic esters (lactones) is 1. The van der Waals surface area contributed by atoms with Crippen LogP contribution in [0.5, 0.6) is 0 Å². The fourth-order valence-electron chi connectivity index (χ4n) is 3.61. The molecule has 1 aromatic carbocycles. The van der Waals surface area contributed by atoms with Crippen LogP contribution in [-0.2, 0) is 18.7 Å². The van der Waals surface area contributed by atoms with Gasteiger partial charge in [0.25, 0.3) is 0 Å². The van der Waals surface area contributed by atoms with Crippen LogP contribution < -0.4 is 0 Å². The van der Waals surface area contributed by atoms with Crippen LogP contribution in [0.25, 0.3) is 5.57 Å². The maximum Gasteiger partial charge on any atom is 0.414 e. The van der Waals surface area contributed by atoms with E-state index in [1.54, 1.807) is 4.90 Å². The number of methoxy groups -OCH3 is 1. The summed E-state index contributed by atoms with van der Waals surface area (Å²) in [6.45, 7) is 12.3. The number of rotatable bonds is 6. The van der Waals surface area contributed by atoms with Gasteiger partial charge < -0.3 is 13.9 Å². The molecule has 1 saturated heterocycles. The minimum atomic E-state index is -2.00. The molecule has 1 atom stereocenters. The number of allylic oxidation sites excluding steroid dienone is 1. The van der Waals surface area contributed by atoms with Crippen LogP contribution >= 0.6 is 0 Å². The van der Waals surface area contributed by atoms with Crippen molar-refractivity contribution in [1.29, 1.82) is 0 Å². The second-order valence-electron chi connectivity index (χ2n) is 9.10. The summed E-state index contributed by atoms with van der Waals surface area (Å²) in [4.78, 5) is 26.3. The lowest BCUT2D eigenvalue weighted by molar-refractivity contribution is -0.140. The smallest absolute Gasteiger partial charge is 0.414 e. The fourth-order valence-corrected chi connectivity index (χ4v) is 4.55. The Morgan fingerprint density at radius 1 is 1.28 bits per heavy atom. The standard InChI is InChI=1S/C22H31NO5Si/c1-22(2,3)29(5,6)28-14-18-16-10-8-7-9-15(16)17(13-19(24)26-4)20(18)23-11-12-27-21(23)25/h7-10,17H,11-14H2,1-6H3. The lowest BCUT2D eigenvalue weighted by Crippen LogP contribution is -2.41. The number of carbonyl (C=O) groups excluding carboxylic acids is 2. The van der Waals surface area contributed by atoms with Crippen LogP contribution in [0.2, 0.25) is 18.1 Å². The normalized spacial score (nSPS) is 19.4. The van der Waals surface area contributed by atoms with E-state index in [1.165, 1.54) is 7.11 Å². The van der Waals surface area contributed by atoms with Gasteiger partial charge in [0.2, 0.25) is 0 Å². The Bertz CT molecular complexity index is 840. The first-order valence-electron chi connectivity index (χ1n) is 10.0. The Morgan fingerprint density at radius 3 is 2.55 bits per heavy atom. The SMILES string of the molecule is COC(=O)CC1C(N2CCOC2=O)=C(CO[Si](C)(C)C(C)(C)C)c2ccccc21. The van der Waals surface area contributed by atoms with Crippen LogP contribution in [-0.4, -0.2) is 52.1 Å². The lowest BCUT2D eigenvalue weighted by atomic mass is 9.95. The quantitative estimate of drug-likeness (QED) is 0.502. The van der Waals surface area contributed by atoms with Gasteiger partial charge in [0, 0.05) is 17.2 Å². The Kier molecular flexibility index (Phi) is 5.92. The third kappa shape index (κ3) is 4.11. The molecule has 0 aromatic heterocycles. The molecule has 2 aliphatic rings. The van der Waals surface area contributed by atoms with Gasteiger partial charge in [-0.15, -0.1) is 0 Å². The van der Waals surface area contributed by atoms with Gasteiger partial charge in [0.05, 0.1) is 26.7 Å². The molecule has 1 aromatic rings. The zero-order chi connectivity index (χ0) is 21.4. The van der Waals surface area contributed by atoms with E-state index < -0.39 is 8.32 Å². The maximum absolute atomic E-state index is 12.4. The topological polar surface area (TPSA) is 65.1 Å². The minimum Gasteiger partial charge on any atom is -0.469 e. The van der Waals surface area contributed by atoms with Gasteiger partial charge in [-0.05, 0) is 29.3 Å². The molecule has 1 amide bonds. The molecule has 1 unspecified atom stereocenters. The summed E-state index contributed by atoms with van der Waals surface area (Å²) in [6, 6.07) is 7.99. The van der Waals surface area contributed by atoms with Crippen LogP contribution in [0.4, 0.5) is 4.79 Å². The van der Waals surface area contributed by atoms with E-state index in [0.717, 1.165) is 22.4 Å². The first-order chi connectivity index (χ1) is 13.6. The van der Waals surface area contributed by atoms with Gasteiger partial charge in [-0.3, -0.25) is 9.69 Å². The highest BCUT2D eigenvalue weighted by Crippen LogP contribution is 2.47. The number of amides is 1. The van der Waals surface area contributed by atoms with Crippen molar-refractivity contribution >= 4 is 26.0 Å². The predicted octanol–water partition coefficient (Wildman–Crippen LogP) is 4.53. The van der Waals surface area contributed by atoms with Crippen molar-refractivity contribution < 1.29 is 23.5 Å². The number of fused-ring (bicyclic) bond motifs is 1. The molecule has 3 rings (SSSR count). The highest BCUT2D eigenvalue weighted by molar-refractivity contribution is 6.74. The number of benzene rings is 1. The molecular formula is C22H31NO5Si. The molecule has 0 N–H and O–H groups in total. The zero-order valence-corrected chi connectivity index (χ0v) is 19.2. The molecule has 29 heavy (non-hydrogen) atoms. The minimum absolute atomic E-state index is 0.0733. The van der Waals surface area contributed by atoms with Crippen molar-refractivity contribution in [1.82, 2.24) is 4.90 Å². The van der Waals surface area contributed by atoms with Crippen molar-refractivity contribution in [3.8, 4) is 0 Å². The highest BCUT2D eigenvalue weighted by atomic mass is 28.4. The largest absolute Gasteiger partial charge is 0.469 e. The van der Waals surface area contributed by atoms with E-state index in [9.17, 15) is 9.59 Å². The van der Waals surface area contributed by atoms with Crippen molar-refractivity contribution in [2.24, 2.45) is 0 Å². The third-order valence-electron chi connectivity index (χ3n) is 6.33. The van der Waals surface area contributed by atoms with Gasteiger partial charge >= 0.3 is 12.1 Å². The second-order valence-corrected chi connectivity index (χ2v) is 13.9. The molecule has 6 nitrogen and oxygen atoms in total. The summed E-state index contributed by atoms with van der Waals surface area (Å²) >= 11 is 0. The summed E-state index contributed by atoms with van der Waals surface area (Å²) in [5.74, 6) is -0.552. The molecule has 0 saturated carbocycles. The number of esters is 1. The Labute approximate surface area is 173 Å². The van der Waals surface area contributed by atoms with Gasteiger partial charge in [-0.25, -0.2) is 4.79 Å². The first kappa shape index (κ1) is 21.6. The van der Waals surface area contributed by atoms with Crippen molar-refractivity contribution in [2.45, 2.75) is 51.2 Å². The molecule has 1 fully saturated rings. The predicted molar refractivity (Wildman–Crippen MR) is 114 cm³/mol. The monoisotopic (exact) mass is 417 g/mol. The molecule has 0 radical (unpaired) electrons. The van der Waals surface area contributed by atoms with Crippen molar-refractivity contribution in [3.05, 3.63) is 41.1 Å². The van der Waals surface area contributed by atoms with Gasteiger partial charge in [-0.2, -0.15) is 0 Å². The molecule has 1 aliphatic carbocycles. The van der Waals surface area contributed by atoms with E-state index >= 15 is 0 Å². The third-order valence-corrected chi connectivity index (χ3v) is 10.8. The number of nitrogens with zero attached hydrogens (tertiary/aromatic N) is 1. The maximum atomic E-state index is 12.4. The summed E-state index contributed by atoms with van der Waals surface area (Å²) in [5, 5.41) is 0.0733. The average Bonchev–Trinajstić information content (AvgIpc) is 3.20. The molecule has 7 heteroatoms. The van der Waals surface area contributed by atoms with Gasteiger partial charge in [0.15, 0.2) is 8.32 Å².